The highest BCUT2D eigenvalue weighted by atomic mass is 16.5. The standard InChI is InChI=1S/C13H15NO3/c1-2-16-13(15)12-8-10-4-3-9(5-6-14)7-11(10)17-12/h3-4,7-8H,2,5-6,14H2,1H3. The Labute approximate surface area is 99.3 Å². The molecular weight excluding hydrogens is 218 g/mol. The van der Waals surface area contributed by atoms with Crippen molar-refractivity contribution in [3.05, 3.63) is 35.6 Å². The van der Waals surface area contributed by atoms with E-state index in [1.54, 1.807) is 13.0 Å². The summed E-state index contributed by atoms with van der Waals surface area (Å²) >= 11 is 0. The second-order valence-corrected chi connectivity index (χ2v) is 3.74. The summed E-state index contributed by atoms with van der Waals surface area (Å²) in [6.07, 6.45) is 0.797. The van der Waals surface area contributed by atoms with E-state index >= 15 is 0 Å². The minimum absolute atomic E-state index is 0.242. The van der Waals surface area contributed by atoms with Crippen LogP contribution in [0.15, 0.2) is 28.7 Å². The molecule has 2 N–H and O–H groups in total. The lowest BCUT2D eigenvalue weighted by molar-refractivity contribution is 0.0492. The number of nitrogens with two attached hydrogens (primary N) is 1. The van der Waals surface area contributed by atoms with Crippen LogP contribution >= 0.6 is 0 Å². The summed E-state index contributed by atoms with van der Waals surface area (Å²) in [7, 11) is 0. The molecule has 0 unspecified atom stereocenters. The van der Waals surface area contributed by atoms with Gasteiger partial charge in [-0.2, -0.15) is 0 Å². The lowest BCUT2D eigenvalue weighted by Crippen LogP contribution is -2.02. The van der Waals surface area contributed by atoms with Gasteiger partial charge in [0.2, 0.25) is 5.76 Å². The first-order valence-corrected chi connectivity index (χ1v) is 5.64. The Bertz CT molecular complexity index is 530. The summed E-state index contributed by atoms with van der Waals surface area (Å²) in [4.78, 5) is 11.5. The quantitative estimate of drug-likeness (QED) is 0.821. The molecule has 1 heterocycles. The molecule has 0 saturated heterocycles. The van der Waals surface area contributed by atoms with Gasteiger partial charge in [-0.05, 0) is 37.6 Å². The van der Waals surface area contributed by atoms with Crippen LogP contribution in [-0.2, 0) is 11.2 Å². The topological polar surface area (TPSA) is 65.5 Å². The van der Waals surface area contributed by atoms with Crippen molar-refractivity contribution >= 4 is 16.9 Å². The van der Waals surface area contributed by atoms with Crippen molar-refractivity contribution in [2.45, 2.75) is 13.3 Å². The number of esters is 1. The van der Waals surface area contributed by atoms with Crippen molar-refractivity contribution in [3.63, 3.8) is 0 Å². The van der Waals surface area contributed by atoms with Crippen molar-refractivity contribution < 1.29 is 13.9 Å². The average molecular weight is 233 g/mol. The lowest BCUT2D eigenvalue weighted by atomic mass is 10.1. The molecule has 0 aliphatic rings. The van der Waals surface area contributed by atoms with Gasteiger partial charge in [-0.25, -0.2) is 4.79 Å². The molecule has 2 aromatic rings. The van der Waals surface area contributed by atoms with E-state index < -0.39 is 5.97 Å². The summed E-state index contributed by atoms with van der Waals surface area (Å²) in [5.74, 6) is -0.184. The Hall–Kier alpha value is -1.81. The van der Waals surface area contributed by atoms with Gasteiger partial charge < -0.3 is 14.9 Å². The van der Waals surface area contributed by atoms with Crippen LogP contribution in [0.1, 0.15) is 23.0 Å². The number of fused-ring (bicyclic) bond motifs is 1. The number of benzene rings is 1. The van der Waals surface area contributed by atoms with E-state index in [2.05, 4.69) is 0 Å². The number of hydrogen-bond donors (Lipinski definition) is 1. The van der Waals surface area contributed by atoms with Gasteiger partial charge in [0.25, 0.3) is 0 Å². The summed E-state index contributed by atoms with van der Waals surface area (Å²) in [6.45, 7) is 2.70. The fourth-order valence-corrected chi connectivity index (χ4v) is 1.70. The molecule has 1 aromatic heterocycles. The summed E-state index contributed by atoms with van der Waals surface area (Å²) in [6, 6.07) is 7.51. The van der Waals surface area contributed by atoms with Crippen molar-refractivity contribution in [1.82, 2.24) is 0 Å². The zero-order valence-electron chi connectivity index (χ0n) is 9.73. The molecule has 0 bridgehead atoms. The van der Waals surface area contributed by atoms with E-state index in [-0.39, 0.29) is 5.76 Å². The molecule has 0 amide bonds. The van der Waals surface area contributed by atoms with Crippen molar-refractivity contribution in [3.8, 4) is 0 Å². The predicted molar refractivity (Wildman–Crippen MR) is 64.9 cm³/mol. The Morgan fingerprint density at radius 2 is 2.24 bits per heavy atom. The fraction of sp³-hybridized carbons (Fsp3) is 0.308. The zero-order valence-corrected chi connectivity index (χ0v) is 9.73. The highest BCUT2D eigenvalue weighted by Gasteiger charge is 2.13. The van der Waals surface area contributed by atoms with Crippen LogP contribution in [0.5, 0.6) is 0 Å². The van der Waals surface area contributed by atoms with Crippen LogP contribution in [0.3, 0.4) is 0 Å². The largest absolute Gasteiger partial charge is 0.460 e. The average Bonchev–Trinajstić information content (AvgIpc) is 2.73. The molecule has 0 atom stereocenters. The van der Waals surface area contributed by atoms with Gasteiger partial charge in [-0.1, -0.05) is 12.1 Å². The van der Waals surface area contributed by atoms with E-state index in [1.807, 2.05) is 18.2 Å². The molecular formula is C13H15NO3. The second kappa shape index (κ2) is 5.01. The van der Waals surface area contributed by atoms with Crippen LogP contribution in [0, 0.1) is 0 Å². The highest BCUT2D eigenvalue weighted by Crippen LogP contribution is 2.21. The Balaban J connectivity index is 2.33. The first-order chi connectivity index (χ1) is 8.24. The molecule has 4 nitrogen and oxygen atoms in total. The molecule has 0 aliphatic carbocycles. The van der Waals surface area contributed by atoms with E-state index in [0.717, 1.165) is 17.4 Å². The maximum Gasteiger partial charge on any atom is 0.374 e. The van der Waals surface area contributed by atoms with Crippen LogP contribution in [-0.4, -0.2) is 19.1 Å². The third-order valence-corrected chi connectivity index (χ3v) is 2.49. The van der Waals surface area contributed by atoms with Gasteiger partial charge in [0.1, 0.15) is 5.58 Å². The van der Waals surface area contributed by atoms with Gasteiger partial charge in [0.05, 0.1) is 6.61 Å². The highest BCUT2D eigenvalue weighted by molar-refractivity contribution is 5.92. The fourth-order valence-electron chi connectivity index (χ4n) is 1.70. The number of ether oxygens (including phenoxy) is 1. The molecule has 17 heavy (non-hydrogen) atoms. The lowest BCUT2D eigenvalue weighted by Gasteiger charge is -1.97. The molecule has 0 radical (unpaired) electrons. The number of furan rings is 1. The number of hydrogen-bond acceptors (Lipinski definition) is 4. The Morgan fingerprint density at radius 3 is 2.94 bits per heavy atom. The third kappa shape index (κ3) is 2.47. The first kappa shape index (κ1) is 11.7. The van der Waals surface area contributed by atoms with Gasteiger partial charge in [0.15, 0.2) is 0 Å². The van der Waals surface area contributed by atoms with E-state index in [9.17, 15) is 4.79 Å². The van der Waals surface area contributed by atoms with Gasteiger partial charge >= 0.3 is 5.97 Å². The summed E-state index contributed by atoms with van der Waals surface area (Å²) < 4.78 is 10.3. The maximum atomic E-state index is 11.5. The van der Waals surface area contributed by atoms with E-state index in [4.69, 9.17) is 14.9 Å². The van der Waals surface area contributed by atoms with Crippen LogP contribution in [0.4, 0.5) is 0 Å². The molecule has 4 heteroatoms. The monoisotopic (exact) mass is 233 g/mol. The first-order valence-electron chi connectivity index (χ1n) is 5.64. The molecule has 0 spiro atoms. The molecule has 90 valence electrons. The molecule has 2 rings (SSSR count). The minimum Gasteiger partial charge on any atom is -0.460 e. The number of carbonyl (C=O) groups is 1. The molecule has 0 fully saturated rings. The number of carbonyl (C=O) groups excluding carboxylic acids is 1. The summed E-state index contributed by atoms with van der Waals surface area (Å²) in [5.41, 5.74) is 7.29. The summed E-state index contributed by atoms with van der Waals surface area (Å²) in [5, 5.41) is 0.897. The van der Waals surface area contributed by atoms with Crippen molar-refractivity contribution in [2.24, 2.45) is 5.73 Å². The van der Waals surface area contributed by atoms with E-state index in [0.29, 0.717) is 18.7 Å². The molecule has 0 saturated carbocycles. The van der Waals surface area contributed by atoms with E-state index in [1.165, 1.54) is 0 Å². The SMILES string of the molecule is CCOC(=O)c1cc2ccc(CCN)cc2o1. The second-order valence-electron chi connectivity index (χ2n) is 3.74. The van der Waals surface area contributed by atoms with Crippen LogP contribution < -0.4 is 5.73 Å². The normalized spacial score (nSPS) is 10.7. The smallest absolute Gasteiger partial charge is 0.374 e. The predicted octanol–water partition coefficient (Wildman–Crippen LogP) is 2.11. The molecule has 1 aromatic carbocycles. The van der Waals surface area contributed by atoms with Crippen LogP contribution in [0.25, 0.3) is 11.0 Å². The van der Waals surface area contributed by atoms with Gasteiger partial charge in [0, 0.05) is 5.39 Å². The van der Waals surface area contributed by atoms with Crippen LogP contribution in [0.2, 0.25) is 0 Å². The minimum atomic E-state index is -0.427. The van der Waals surface area contributed by atoms with Gasteiger partial charge in [-0.3, -0.25) is 0 Å². The number of rotatable bonds is 4. The third-order valence-electron chi connectivity index (χ3n) is 2.49. The zero-order chi connectivity index (χ0) is 12.3. The maximum absolute atomic E-state index is 11.5. The van der Waals surface area contributed by atoms with Crippen molar-refractivity contribution in [2.75, 3.05) is 13.2 Å². The Morgan fingerprint density at radius 1 is 1.41 bits per heavy atom. The Kier molecular flexibility index (Phi) is 3.44. The molecule has 0 aliphatic heterocycles. The van der Waals surface area contributed by atoms with Gasteiger partial charge in [-0.15, -0.1) is 0 Å². The van der Waals surface area contributed by atoms with Crippen molar-refractivity contribution in [1.29, 1.82) is 0 Å².